The third-order valence-corrected chi connectivity index (χ3v) is 5.07. The first-order valence-electron chi connectivity index (χ1n) is 3.20. The molecule has 0 radical (unpaired) electrons. The molecule has 11 heavy (non-hydrogen) atoms. The molecule has 1 aromatic heterocycles. The lowest BCUT2D eigenvalue weighted by Gasteiger charge is -2.14. The third kappa shape index (κ3) is 3.98. The minimum Gasteiger partial charge on any atom is -0.146 e. The van der Waals surface area contributed by atoms with E-state index in [1.807, 2.05) is 10.8 Å². The molecule has 0 aliphatic rings. The van der Waals surface area contributed by atoms with Crippen LogP contribution < -0.4 is 0 Å². The lowest BCUT2D eigenvalue weighted by atomic mass is 10.3. The van der Waals surface area contributed by atoms with Gasteiger partial charge in [0.2, 0.25) is 0 Å². The van der Waals surface area contributed by atoms with Crippen molar-refractivity contribution in [1.82, 2.24) is 10.2 Å². The van der Waals surface area contributed by atoms with Crippen LogP contribution in [-0.2, 0) is 0 Å². The second kappa shape index (κ2) is 3.78. The Kier molecular flexibility index (Phi) is 3.21. The summed E-state index contributed by atoms with van der Waals surface area (Å²) in [5, 5.41) is 7.69. The normalized spacial score (nSPS) is 11.9. The summed E-state index contributed by atoms with van der Waals surface area (Å²) in [5.41, 5.74) is 1.76. The molecule has 1 aromatic rings. The maximum Gasteiger partial charge on any atom is 0.184 e. The van der Waals surface area contributed by atoms with Crippen LogP contribution in [0.1, 0.15) is 20.8 Å². The summed E-state index contributed by atoms with van der Waals surface area (Å²) in [5.74, 6) is 0. The number of rotatable bonds is 2. The highest BCUT2D eigenvalue weighted by Crippen LogP contribution is 2.40. The van der Waals surface area contributed by atoms with E-state index in [0.717, 1.165) is 4.34 Å². The zero-order valence-corrected chi connectivity index (χ0v) is 9.15. The maximum atomic E-state index is 3.93. The van der Waals surface area contributed by atoms with Crippen LogP contribution >= 0.6 is 32.9 Å². The van der Waals surface area contributed by atoms with Gasteiger partial charge in [-0.25, -0.2) is 0 Å². The first kappa shape index (κ1) is 9.35. The molecule has 0 bridgehead atoms. The fraction of sp³-hybridized carbons (Fsp3) is 0.667. The lowest BCUT2D eigenvalue weighted by Crippen LogP contribution is -2.04. The molecule has 1 rings (SSSR count). The fourth-order valence-corrected chi connectivity index (χ4v) is 3.05. The molecule has 0 unspecified atom stereocenters. The van der Waals surface area contributed by atoms with Crippen LogP contribution in [0.25, 0.3) is 0 Å². The van der Waals surface area contributed by atoms with E-state index in [-0.39, 0.29) is 4.75 Å². The number of nitrogens with zero attached hydrogens (tertiary/aromatic N) is 2. The van der Waals surface area contributed by atoms with Crippen LogP contribution in [0.2, 0.25) is 0 Å². The largest absolute Gasteiger partial charge is 0.184 e. The van der Waals surface area contributed by atoms with Crippen molar-refractivity contribution in [2.24, 2.45) is 0 Å². The molecule has 0 fully saturated rings. The van der Waals surface area contributed by atoms with Crippen molar-refractivity contribution in [3.8, 4) is 0 Å². The van der Waals surface area contributed by atoms with Crippen molar-refractivity contribution in [3.63, 3.8) is 0 Å². The summed E-state index contributed by atoms with van der Waals surface area (Å²) in [6, 6.07) is 0. The Bertz CT molecular complexity index is 202. The van der Waals surface area contributed by atoms with E-state index in [1.165, 1.54) is 0 Å². The molecule has 0 atom stereocenters. The van der Waals surface area contributed by atoms with Crippen molar-refractivity contribution in [1.29, 1.82) is 0 Å². The summed E-state index contributed by atoms with van der Waals surface area (Å²) in [6.45, 7) is 6.56. The smallest absolute Gasteiger partial charge is 0.146 e. The Morgan fingerprint density at radius 1 is 1.45 bits per heavy atom. The predicted molar refractivity (Wildman–Crippen MR) is 53.1 cm³/mol. The van der Waals surface area contributed by atoms with Crippen LogP contribution in [0.3, 0.4) is 0 Å². The number of hydrogen-bond acceptors (Lipinski definition) is 5. The average molecular weight is 206 g/mol. The molecular formula is C6H10N2S3. The molecule has 0 saturated heterocycles. The SMILES string of the molecule is CC(C)(C)SSc1nncs1. The Hall–Kier alpha value is 0.260. The summed E-state index contributed by atoms with van der Waals surface area (Å²) < 4.78 is 1.32. The van der Waals surface area contributed by atoms with Gasteiger partial charge < -0.3 is 0 Å². The first-order chi connectivity index (χ1) is 5.08. The molecule has 0 spiro atoms. The van der Waals surface area contributed by atoms with E-state index in [1.54, 1.807) is 27.6 Å². The summed E-state index contributed by atoms with van der Waals surface area (Å²) in [4.78, 5) is 0. The topological polar surface area (TPSA) is 25.8 Å². The predicted octanol–water partition coefficient (Wildman–Crippen LogP) is 3.08. The van der Waals surface area contributed by atoms with Crippen LogP contribution in [-0.4, -0.2) is 14.9 Å². The summed E-state index contributed by atoms with van der Waals surface area (Å²) in [6.07, 6.45) is 0. The Morgan fingerprint density at radius 3 is 2.64 bits per heavy atom. The first-order valence-corrected chi connectivity index (χ1v) is 6.23. The molecule has 62 valence electrons. The Labute approximate surface area is 78.6 Å². The van der Waals surface area contributed by atoms with E-state index in [4.69, 9.17) is 0 Å². The van der Waals surface area contributed by atoms with Crippen LogP contribution in [0.4, 0.5) is 0 Å². The molecule has 1 heterocycles. The molecule has 0 aliphatic heterocycles. The Morgan fingerprint density at radius 2 is 2.18 bits per heavy atom. The second-order valence-electron chi connectivity index (χ2n) is 2.98. The summed E-state index contributed by atoms with van der Waals surface area (Å²) in [7, 11) is 3.51. The molecule has 5 heteroatoms. The van der Waals surface area contributed by atoms with Crippen molar-refractivity contribution in [2.75, 3.05) is 0 Å². The van der Waals surface area contributed by atoms with Gasteiger partial charge in [0.05, 0.1) is 0 Å². The van der Waals surface area contributed by atoms with Gasteiger partial charge in [-0.05, 0) is 10.8 Å². The molecule has 0 aromatic carbocycles. The zero-order chi connectivity index (χ0) is 8.32. The van der Waals surface area contributed by atoms with Crippen LogP contribution in [0, 0.1) is 0 Å². The molecule has 2 nitrogen and oxygen atoms in total. The van der Waals surface area contributed by atoms with Crippen LogP contribution in [0.15, 0.2) is 9.85 Å². The summed E-state index contributed by atoms with van der Waals surface area (Å²) >= 11 is 1.58. The van der Waals surface area contributed by atoms with Gasteiger partial charge in [0.1, 0.15) is 5.51 Å². The van der Waals surface area contributed by atoms with Crippen molar-refractivity contribution < 1.29 is 0 Å². The van der Waals surface area contributed by atoms with Gasteiger partial charge in [-0.1, -0.05) is 42.9 Å². The maximum absolute atomic E-state index is 3.93. The average Bonchev–Trinajstić information content (AvgIpc) is 2.32. The van der Waals surface area contributed by atoms with Crippen LogP contribution in [0.5, 0.6) is 0 Å². The van der Waals surface area contributed by atoms with E-state index in [2.05, 4.69) is 31.0 Å². The molecule has 0 N–H and O–H groups in total. The zero-order valence-electron chi connectivity index (χ0n) is 6.70. The van der Waals surface area contributed by atoms with Gasteiger partial charge >= 0.3 is 0 Å². The monoisotopic (exact) mass is 206 g/mol. The van der Waals surface area contributed by atoms with E-state index in [9.17, 15) is 0 Å². The van der Waals surface area contributed by atoms with Gasteiger partial charge in [-0.15, -0.1) is 10.2 Å². The van der Waals surface area contributed by atoms with Gasteiger partial charge in [0.25, 0.3) is 0 Å². The molecular weight excluding hydrogens is 196 g/mol. The lowest BCUT2D eigenvalue weighted by molar-refractivity contribution is 0.810. The van der Waals surface area contributed by atoms with Gasteiger partial charge in [-0.2, -0.15) is 0 Å². The molecule has 0 aliphatic carbocycles. The highest BCUT2D eigenvalue weighted by atomic mass is 33.1. The minimum atomic E-state index is 0.288. The third-order valence-electron chi connectivity index (χ3n) is 0.703. The minimum absolute atomic E-state index is 0.288. The van der Waals surface area contributed by atoms with E-state index < -0.39 is 0 Å². The van der Waals surface area contributed by atoms with Gasteiger partial charge in [0, 0.05) is 4.75 Å². The quantitative estimate of drug-likeness (QED) is 0.695. The van der Waals surface area contributed by atoms with Gasteiger partial charge in [-0.3, -0.25) is 0 Å². The van der Waals surface area contributed by atoms with E-state index in [0.29, 0.717) is 0 Å². The van der Waals surface area contributed by atoms with E-state index >= 15 is 0 Å². The second-order valence-corrected chi connectivity index (χ2v) is 7.02. The Balaban J connectivity index is 2.35. The number of aromatic nitrogens is 2. The van der Waals surface area contributed by atoms with Crippen molar-refractivity contribution in [3.05, 3.63) is 5.51 Å². The standard InChI is InChI=1S/C6H10N2S3/c1-6(2,3)11-10-5-8-7-4-9-5/h4H,1-3H3. The highest BCUT2D eigenvalue weighted by Gasteiger charge is 2.12. The highest BCUT2D eigenvalue weighted by molar-refractivity contribution is 8.77. The van der Waals surface area contributed by atoms with Crippen molar-refractivity contribution >= 4 is 32.9 Å². The van der Waals surface area contributed by atoms with Gasteiger partial charge in [0.15, 0.2) is 4.34 Å². The number of hydrogen-bond donors (Lipinski definition) is 0. The molecule has 0 saturated carbocycles. The fourth-order valence-electron chi connectivity index (χ4n) is 0.360. The molecule has 0 amide bonds. The van der Waals surface area contributed by atoms with Crippen molar-refractivity contribution in [2.45, 2.75) is 29.9 Å².